The van der Waals surface area contributed by atoms with E-state index in [0.717, 1.165) is 12.1 Å². The molecule has 3 aromatic rings. The summed E-state index contributed by atoms with van der Waals surface area (Å²) < 4.78 is 26.8. The highest BCUT2D eigenvalue weighted by Gasteiger charge is 2.28. The van der Waals surface area contributed by atoms with E-state index in [1.54, 1.807) is 18.2 Å². The molecule has 0 bridgehead atoms. The zero-order valence-corrected chi connectivity index (χ0v) is 13.5. The smallest absolute Gasteiger partial charge is 0.311 e. The highest BCUT2D eigenvalue weighted by Crippen LogP contribution is 2.34. The lowest BCUT2D eigenvalue weighted by molar-refractivity contribution is -0.138. The lowest BCUT2D eigenvalue weighted by Crippen LogP contribution is -2.17. The number of hydrogen-bond donors (Lipinski definition) is 2. The normalized spacial score (nSPS) is 12.3. The topological polar surface area (TPSA) is 70.2 Å². The van der Waals surface area contributed by atoms with Crippen molar-refractivity contribution < 1.29 is 23.5 Å². The number of carboxylic acids is 1. The Morgan fingerprint density at radius 1 is 1.20 bits per heavy atom. The molecule has 0 spiro atoms. The molecular weight excluding hydrogens is 352 g/mol. The molecule has 0 saturated heterocycles. The van der Waals surface area contributed by atoms with Crippen LogP contribution in [0.25, 0.3) is 10.9 Å². The average Bonchev–Trinajstić information content (AvgIpc) is 2.97. The zero-order chi connectivity index (χ0) is 18.1. The van der Waals surface area contributed by atoms with E-state index in [4.69, 9.17) is 11.6 Å². The molecule has 1 aromatic heterocycles. The monoisotopic (exact) mass is 363 g/mol. The van der Waals surface area contributed by atoms with E-state index >= 15 is 0 Å². The number of H-pyrrole nitrogens is 1. The standard InChI is InChI=1S/C18H12ClF2NO3/c19-13-2-1-3-15-17(13)12(8-22-15)11(18(24)25)7-16(23)10-5-4-9(20)6-14(10)21/h1-6,8,11,22H,7H2,(H,24,25). The maximum absolute atomic E-state index is 13.8. The number of Topliss-reactive ketones (excluding diaryl/α,β-unsaturated/α-hetero) is 1. The van der Waals surface area contributed by atoms with Crippen molar-refractivity contribution in [2.24, 2.45) is 0 Å². The summed E-state index contributed by atoms with van der Waals surface area (Å²) >= 11 is 6.15. The predicted molar refractivity (Wildman–Crippen MR) is 89.0 cm³/mol. The number of aromatic nitrogens is 1. The molecule has 0 saturated carbocycles. The molecule has 1 heterocycles. The van der Waals surface area contributed by atoms with Crippen LogP contribution < -0.4 is 0 Å². The van der Waals surface area contributed by atoms with Gasteiger partial charge in [0.15, 0.2) is 5.78 Å². The maximum atomic E-state index is 13.8. The summed E-state index contributed by atoms with van der Waals surface area (Å²) in [6, 6.07) is 7.60. The SMILES string of the molecule is O=C(CC(C(=O)O)c1c[nH]c2cccc(Cl)c12)c1ccc(F)cc1F. The number of halogens is 3. The van der Waals surface area contributed by atoms with Crippen LogP contribution in [0.3, 0.4) is 0 Å². The van der Waals surface area contributed by atoms with E-state index < -0.39 is 35.7 Å². The van der Waals surface area contributed by atoms with Crippen molar-refractivity contribution in [2.75, 3.05) is 0 Å². The summed E-state index contributed by atoms with van der Waals surface area (Å²) in [4.78, 5) is 26.9. The second-order valence-corrected chi connectivity index (χ2v) is 5.96. The third kappa shape index (κ3) is 3.25. The summed E-state index contributed by atoms with van der Waals surface area (Å²) in [6.45, 7) is 0. The van der Waals surface area contributed by atoms with E-state index in [0.29, 0.717) is 27.6 Å². The molecule has 1 atom stereocenters. The molecule has 0 aliphatic carbocycles. The van der Waals surface area contributed by atoms with E-state index in [-0.39, 0.29) is 5.56 Å². The average molecular weight is 364 g/mol. The number of rotatable bonds is 5. The van der Waals surface area contributed by atoms with Gasteiger partial charge in [-0.1, -0.05) is 17.7 Å². The molecule has 0 aliphatic heterocycles. The Morgan fingerprint density at radius 2 is 1.96 bits per heavy atom. The first-order valence-corrected chi connectivity index (χ1v) is 7.73. The number of ketones is 1. The van der Waals surface area contributed by atoms with Crippen LogP contribution in [0.4, 0.5) is 8.78 Å². The first kappa shape index (κ1) is 17.1. The Hall–Kier alpha value is -2.73. The molecule has 7 heteroatoms. The predicted octanol–water partition coefficient (Wildman–Crippen LogP) is 4.54. The van der Waals surface area contributed by atoms with Crippen LogP contribution in [-0.4, -0.2) is 21.8 Å². The van der Waals surface area contributed by atoms with Crippen molar-refractivity contribution in [3.8, 4) is 0 Å². The molecule has 2 N–H and O–H groups in total. The minimum absolute atomic E-state index is 0.337. The number of aliphatic carboxylic acids is 1. The van der Waals surface area contributed by atoms with Gasteiger partial charge >= 0.3 is 5.97 Å². The molecule has 0 fully saturated rings. The molecule has 3 rings (SSSR count). The quantitative estimate of drug-likeness (QED) is 0.654. The number of aromatic amines is 1. The molecule has 0 radical (unpaired) electrons. The fourth-order valence-corrected chi connectivity index (χ4v) is 3.07. The summed E-state index contributed by atoms with van der Waals surface area (Å²) in [5.41, 5.74) is 0.622. The Labute approximate surface area is 146 Å². The van der Waals surface area contributed by atoms with Crippen molar-refractivity contribution in [3.63, 3.8) is 0 Å². The third-order valence-corrected chi connectivity index (χ3v) is 4.29. The van der Waals surface area contributed by atoms with Gasteiger partial charge in [-0.3, -0.25) is 9.59 Å². The minimum Gasteiger partial charge on any atom is -0.481 e. The highest BCUT2D eigenvalue weighted by molar-refractivity contribution is 6.35. The highest BCUT2D eigenvalue weighted by atomic mass is 35.5. The van der Waals surface area contributed by atoms with Crippen LogP contribution in [-0.2, 0) is 4.79 Å². The van der Waals surface area contributed by atoms with Crippen LogP contribution >= 0.6 is 11.6 Å². The number of fused-ring (bicyclic) bond motifs is 1. The van der Waals surface area contributed by atoms with Crippen molar-refractivity contribution in [1.82, 2.24) is 4.98 Å². The second kappa shape index (κ2) is 6.64. The van der Waals surface area contributed by atoms with Gasteiger partial charge in [-0.05, 0) is 29.8 Å². The number of carbonyl (C=O) groups is 2. The van der Waals surface area contributed by atoms with Gasteiger partial charge in [0.1, 0.15) is 11.6 Å². The lowest BCUT2D eigenvalue weighted by Gasteiger charge is -2.12. The Balaban J connectivity index is 1.99. The van der Waals surface area contributed by atoms with Gasteiger partial charge in [0.05, 0.1) is 16.5 Å². The van der Waals surface area contributed by atoms with Gasteiger partial charge in [-0.15, -0.1) is 0 Å². The first-order valence-electron chi connectivity index (χ1n) is 7.35. The first-order chi connectivity index (χ1) is 11.9. The fourth-order valence-electron chi connectivity index (χ4n) is 2.78. The zero-order valence-electron chi connectivity index (χ0n) is 12.7. The Bertz CT molecular complexity index is 984. The van der Waals surface area contributed by atoms with Gasteiger partial charge in [0.2, 0.25) is 0 Å². The van der Waals surface area contributed by atoms with Crippen molar-refractivity contribution >= 4 is 34.3 Å². The van der Waals surface area contributed by atoms with Crippen molar-refractivity contribution in [2.45, 2.75) is 12.3 Å². The number of nitrogens with one attached hydrogen (secondary N) is 1. The minimum atomic E-state index is -1.24. The van der Waals surface area contributed by atoms with Gasteiger partial charge < -0.3 is 10.1 Å². The lowest BCUT2D eigenvalue weighted by atomic mass is 9.91. The number of carboxylic acid groups (broad SMARTS) is 1. The number of benzene rings is 2. The van der Waals surface area contributed by atoms with Crippen LogP contribution in [0.5, 0.6) is 0 Å². The van der Waals surface area contributed by atoms with Crippen LogP contribution in [0, 0.1) is 11.6 Å². The van der Waals surface area contributed by atoms with E-state index in [1.807, 2.05) is 0 Å². The molecular formula is C18H12ClF2NO3. The summed E-state index contributed by atoms with van der Waals surface area (Å²) in [7, 11) is 0. The van der Waals surface area contributed by atoms with Gasteiger partial charge in [-0.25, -0.2) is 8.78 Å². The van der Waals surface area contributed by atoms with Crippen LogP contribution in [0.2, 0.25) is 5.02 Å². The molecule has 2 aromatic carbocycles. The molecule has 4 nitrogen and oxygen atoms in total. The van der Waals surface area contributed by atoms with Gasteiger partial charge in [0.25, 0.3) is 0 Å². The van der Waals surface area contributed by atoms with Gasteiger partial charge in [0, 0.05) is 29.6 Å². The largest absolute Gasteiger partial charge is 0.481 e. The molecule has 1 unspecified atom stereocenters. The number of carbonyl (C=O) groups excluding carboxylic acids is 1. The third-order valence-electron chi connectivity index (χ3n) is 3.98. The molecule has 0 amide bonds. The second-order valence-electron chi connectivity index (χ2n) is 5.55. The van der Waals surface area contributed by atoms with E-state index in [1.165, 1.54) is 6.20 Å². The summed E-state index contributed by atoms with van der Waals surface area (Å²) in [6.07, 6.45) is 1.000. The molecule has 0 aliphatic rings. The van der Waals surface area contributed by atoms with Crippen LogP contribution in [0.15, 0.2) is 42.6 Å². The fraction of sp³-hybridized carbons (Fsp3) is 0.111. The molecule has 25 heavy (non-hydrogen) atoms. The number of hydrogen-bond acceptors (Lipinski definition) is 2. The van der Waals surface area contributed by atoms with E-state index in [2.05, 4.69) is 4.98 Å². The maximum Gasteiger partial charge on any atom is 0.311 e. The Morgan fingerprint density at radius 3 is 2.64 bits per heavy atom. The van der Waals surface area contributed by atoms with Crippen molar-refractivity contribution in [1.29, 1.82) is 0 Å². The van der Waals surface area contributed by atoms with Gasteiger partial charge in [-0.2, -0.15) is 0 Å². The summed E-state index contributed by atoms with van der Waals surface area (Å²) in [5, 5.41) is 10.4. The van der Waals surface area contributed by atoms with E-state index in [9.17, 15) is 23.5 Å². The van der Waals surface area contributed by atoms with Crippen molar-refractivity contribution in [3.05, 3.63) is 70.4 Å². The Kier molecular flexibility index (Phi) is 4.55. The van der Waals surface area contributed by atoms with Crippen LogP contribution in [0.1, 0.15) is 28.3 Å². The molecule has 128 valence electrons. The summed E-state index contributed by atoms with van der Waals surface area (Å²) in [5.74, 6) is -5.02.